The van der Waals surface area contributed by atoms with Crippen LogP contribution in [-0.4, -0.2) is 49.2 Å². The highest BCUT2D eigenvalue weighted by Crippen LogP contribution is 2.22. The van der Waals surface area contributed by atoms with Crippen LogP contribution in [0.2, 0.25) is 0 Å². The Morgan fingerprint density at radius 2 is 1.92 bits per heavy atom. The Kier molecular flexibility index (Phi) is 5.32. The topological polar surface area (TPSA) is 41.6 Å². The monoisotopic (exact) mass is 350 g/mol. The number of rotatable bonds is 5. The Hall–Kier alpha value is -2.17. The standard InChI is InChI=1S/C22H26N2O2/c25-22(23-14-20-15-24-12-6-10-19(24)16-26-20)21-11-5-4-9-18(21)13-17-7-2-1-3-8-17/h1-5,7-9,11,19-20H,6,10,12-16H2,(H,23,25)/t19-,20-/m0/s1. The third kappa shape index (κ3) is 3.97. The first kappa shape index (κ1) is 17.3. The van der Waals surface area contributed by atoms with E-state index >= 15 is 0 Å². The van der Waals surface area contributed by atoms with Crippen molar-refractivity contribution in [1.29, 1.82) is 0 Å². The van der Waals surface area contributed by atoms with E-state index in [-0.39, 0.29) is 12.0 Å². The van der Waals surface area contributed by atoms with E-state index < -0.39 is 0 Å². The van der Waals surface area contributed by atoms with Crippen LogP contribution in [0.5, 0.6) is 0 Å². The molecule has 4 rings (SSSR count). The molecular formula is C22H26N2O2. The van der Waals surface area contributed by atoms with Gasteiger partial charge in [-0.15, -0.1) is 0 Å². The number of carbonyl (C=O) groups excluding carboxylic acids is 1. The summed E-state index contributed by atoms with van der Waals surface area (Å²) in [5.74, 6) is -0.0105. The zero-order valence-electron chi connectivity index (χ0n) is 15.1. The molecule has 1 amide bonds. The highest BCUT2D eigenvalue weighted by atomic mass is 16.5. The average Bonchev–Trinajstić information content (AvgIpc) is 3.15. The Morgan fingerprint density at radius 1 is 1.12 bits per heavy atom. The molecule has 0 aromatic heterocycles. The number of amides is 1. The smallest absolute Gasteiger partial charge is 0.251 e. The van der Waals surface area contributed by atoms with Crippen molar-refractivity contribution in [2.24, 2.45) is 0 Å². The molecule has 2 aromatic rings. The summed E-state index contributed by atoms with van der Waals surface area (Å²) in [5.41, 5.74) is 3.02. The van der Waals surface area contributed by atoms with Crippen LogP contribution in [0, 0.1) is 0 Å². The molecule has 2 heterocycles. The molecule has 4 nitrogen and oxygen atoms in total. The molecule has 2 aliphatic rings. The maximum atomic E-state index is 12.7. The normalized spacial score (nSPS) is 22.8. The molecule has 0 aliphatic carbocycles. The van der Waals surface area contributed by atoms with Gasteiger partial charge in [0.15, 0.2) is 0 Å². The third-order valence-electron chi connectivity index (χ3n) is 5.45. The quantitative estimate of drug-likeness (QED) is 0.902. The maximum absolute atomic E-state index is 12.7. The second-order valence-corrected chi connectivity index (χ2v) is 7.28. The summed E-state index contributed by atoms with van der Waals surface area (Å²) in [6, 6.07) is 18.7. The number of fused-ring (bicyclic) bond motifs is 1. The van der Waals surface area contributed by atoms with Gasteiger partial charge in [-0.25, -0.2) is 0 Å². The van der Waals surface area contributed by atoms with Crippen molar-refractivity contribution in [3.8, 4) is 0 Å². The Labute approximate surface area is 155 Å². The largest absolute Gasteiger partial charge is 0.373 e. The van der Waals surface area contributed by atoms with Crippen LogP contribution in [0.3, 0.4) is 0 Å². The molecule has 136 valence electrons. The minimum Gasteiger partial charge on any atom is -0.373 e. The first-order valence-corrected chi connectivity index (χ1v) is 9.55. The van der Waals surface area contributed by atoms with Crippen LogP contribution in [-0.2, 0) is 11.2 Å². The zero-order chi connectivity index (χ0) is 17.8. The van der Waals surface area contributed by atoms with E-state index in [1.165, 1.54) is 24.9 Å². The van der Waals surface area contributed by atoms with E-state index in [1.54, 1.807) is 0 Å². The van der Waals surface area contributed by atoms with E-state index in [0.717, 1.165) is 30.7 Å². The highest BCUT2D eigenvalue weighted by Gasteiger charge is 2.32. The number of nitrogens with one attached hydrogen (secondary N) is 1. The van der Waals surface area contributed by atoms with Gasteiger partial charge in [-0.3, -0.25) is 9.69 Å². The van der Waals surface area contributed by atoms with Gasteiger partial charge in [-0.05, 0) is 43.0 Å². The van der Waals surface area contributed by atoms with E-state index in [4.69, 9.17) is 4.74 Å². The molecule has 0 radical (unpaired) electrons. The van der Waals surface area contributed by atoms with Crippen molar-refractivity contribution in [3.05, 3.63) is 71.3 Å². The summed E-state index contributed by atoms with van der Waals surface area (Å²) in [5, 5.41) is 3.08. The fraction of sp³-hybridized carbons (Fsp3) is 0.409. The van der Waals surface area contributed by atoms with Gasteiger partial charge in [-0.2, -0.15) is 0 Å². The van der Waals surface area contributed by atoms with E-state index in [2.05, 4.69) is 22.3 Å². The molecule has 2 aliphatic heterocycles. The Balaban J connectivity index is 1.37. The number of hydrogen-bond donors (Lipinski definition) is 1. The van der Waals surface area contributed by atoms with E-state index in [0.29, 0.717) is 12.6 Å². The number of hydrogen-bond acceptors (Lipinski definition) is 3. The summed E-state index contributed by atoms with van der Waals surface area (Å²) in [7, 11) is 0. The van der Waals surface area contributed by atoms with Gasteiger partial charge in [-0.1, -0.05) is 48.5 Å². The van der Waals surface area contributed by atoms with Gasteiger partial charge in [0.25, 0.3) is 5.91 Å². The minimum absolute atomic E-state index is 0.0105. The second-order valence-electron chi connectivity index (χ2n) is 7.28. The second kappa shape index (κ2) is 8.02. The molecule has 0 unspecified atom stereocenters. The van der Waals surface area contributed by atoms with Gasteiger partial charge in [0, 0.05) is 24.7 Å². The minimum atomic E-state index is -0.0105. The predicted octanol–water partition coefficient (Wildman–Crippen LogP) is 2.87. The lowest BCUT2D eigenvalue weighted by Crippen LogP contribution is -2.50. The molecule has 2 fully saturated rings. The van der Waals surface area contributed by atoms with Crippen LogP contribution >= 0.6 is 0 Å². The fourth-order valence-corrected chi connectivity index (χ4v) is 4.02. The molecule has 2 atom stereocenters. The predicted molar refractivity (Wildman–Crippen MR) is 102 cm³/mol. The molecule has 0 saturated carbocycles. The first-order chi connectivity index (χ1) is 12.8. The SMILES string of the molecule is O=C(NC[C@H]1CN2CCC[C@H]2CO1)c1ccccc1Cc1ccccc1. The van der Waals surface area contributed by atoms with Crippen molar-refractivity contribution >= 4 is 5.91 Å². The zero-order valence-corrected chi connectivity index (χ0v) is 15.1. The lowest BCUT2D eigenvalue weighted by atomic mass is 9.99. The maximum Gasteiger partial charge on any atom is 0.251 e. The summed E-state index contributed by atoms with van der Waals surface area (Å²) in [4.78, 5) is 15.2. The Bertz CT molecular complexity index is 747. The number of nitrogens with zero attached hydrogens (tertiary/aromatic N) is 1. The molecule has 1 N–H and O–H groups in total. The van der Waals surface area contributed by atoms with Crippen molar-refractivity contribution in [3.63, 3.8) is 0 Å². The molecule has 0 bridgehead atoms. The lowest BCUT2D eigenvalue weighted by Gasteiger charge is -2.35. The molecule has 2 saturated heterocycles. The molecule has 4 heteroatoms. The molecule has 2 aromatic carbocycles. The van der Waals surface area contributed by atoms with Crippen LogP contribution in [0.4, 0.5) is 0 Å². The summed E-state index contributed by atoms with van der Waals surface area (Å²) in [6.07, 6.45) is 3.36. The number of carbonyl (C=O) groups is 1. The van der Waals surface area contributed by atoms with Crippen molar-refractivity contribution < 1.29 is 9.53 Å². The van der Waals surface area contributed by atoms with Crippen molar-refractivity contribution in [2.75, 3.05) is 26.2 Å². The summed E-state index contributed by atoms with van der Waals surface area (Å²) in [6.45, 7) is 3.46. The molecule has 0 spiro atoms. The van der Waals surface area contributed by atoms with Gasteiger partial charge in [0.05, 0.1) is 12.7 Å². The summed E-state index contributed by atoms with van der Waals surface area (Å²) >= 11 is 0. The van der Waals surface area contributed by atoms with Crippen LogP contribution < -0.4 is 5.32 Å². The van der Waals surface area contributed by atoms with Crippen LogP contribution in [0.25, 0.3) is 0 Å². The van der Waals surface area contributed by atoms with Gasteiger partial charge < -0.3 is 10.1 Å². The van der Waals surface area contributed by atoms with Gasteiger partial charge in [0.1, 0.15) is 0 Å². The average molecular weight is 350 g/mol. The summed E-state index contributed by atoms with van der Waals surface area (Å²) < 4.78 is 5.95. The highest BCUT2D eigenvalue weighted by molar-refractivity contribution is 5.95. The van der Waals surface area contributed by atoms with Crippen molar-refractivity contribution in [2.45, 2.75) is 31.4 Å². The lowest BCUT2D eigenvalue weighted by molar-refractivity contribution is -0.0461. The third-order valence-corrected chi connectivity index (χ3v) is 5.45. The van der Waals surface area contributed by atoms with E-state index in [9.17, 15) is 4.79 Å². The van der Waals surface area contributed by atoms with Gasteiger partial charge in [0.2, 0.25) is 0 Å². The molecular weight excluding hydrogens is 324 g/mol. The number of benzene rings is 2. The number of ether oxygens (including phenoxy) is 1. The molecule has 26 heavy (non-hydrogen) atoms. The fourth-order valence-electron chi connectivity index (χ4n) is 4.02. The Morgan fingerprint density at radius 3 is 2.81 bits per heavy atom. The first-order valence-electron chi connectivity index (χ1n) is 9.55. The van der Waals surface area contributed by atoms with E-state index in [1.807, 2.05) is 42.5 Å². The van der Waals surface area contributed by atoms with Crippen molar-refractivity contribution in [1.82, 2.24) is 10.2 Å². The van der Waals surface area contributed by atoms with Crippen LogP contribution in [0.15, 0.2) is 54.6 Å². The van der Waals surface area contributed by atoms with Crippen LogP contribution in [0.1, 0.15) is 34.3 Å². The van der Waals surface area contributed by atoms with Gasteiger partial charge >= 0.3 is 0 Å². The number of morpholine rings is 1.